The molecule has 0 spiro atoms. The summed E-state index contributed by atoms with van der Waals surface area (Å²) >= 11 is 0. The Bertz CT molecular complexity index is 469. The molecule has 1 aliphatic rings. The first-order valence-corrected chi connectivity index (χ1v) is 7.54. The molecule has 1 fully saturated rings. The third-order valence-electron chi connectivity index (χ3n) is 4.17. The van der Waals surface area contributed by atoms with Crippen molar-refractivity contribution in [3.63, 3.8) is 0 Å². The summed E-state index contributed by atoms with van der Waals surface area (Å²) in [5.41, 5.74) is 2.94. The van der Waals surface area contributed by atoms with Gasteiger partial charge in [-0.2, -0.15) is 5.26 Å². The van der Waals surface area contributed by atoms with E-state index in [9.17, 15) is 0 Å². The second kappa shape index (κ2) is 6.92. The van der Waals surface area contributed by atoms with E-state index in [1.807, 2.05) is 13.0 Å². The van der Waals surface area contributed by atoms with Gasteiger partial charge in [0.05, 0.1) is 5.56 Å². The van der Waals surface area contributed by atoms with Gasteiger partial charge < -0.3 is 9.88 Å². The molecule has 0 amide bonds. The molecule has 0 aliphatic carbocycles. The second-order valence-corrected chi connectivity index (χ2v) is 6.28. The van der Waals surface area contributed by atoms with Crippen LogP contribution in [-0.2, 0) is 6.54 Å². The second-order valence-electron chi connectivity index (χ2n) is 6.28. The summed E-state index contributed by atoms with van der Waals surface area (Å²) in [6.45, 7) is 6.46. The minimum atomic E-state index is 0.779. The number of likely N-dealkylation sites (tertiary alicyclic amines) is 1. The molecule has 110 valence electrons. The van der Waals surface area contributed by atoms with Crippen LogP contribution in [0.15, 0.2) is 6.07 Å². The highest BCUT2D eigenvalue weighted by Gasteiger charge is 2.20. The van der Waals surface area contributed by atoms with E-state index in [1.54, 1.807) is 0 Å². The molecule has 0 radical (unpaired) electrons. The lowest BCUT2D eigenvalue weighted by molar-refractivity contribution is 0.153. The Labute approximate surface area is 122 Å². The lowest BCUT2D eigenvalue weighted by Crippen LogP contribution is -2.36. The van der Waals surface area contributed by atoms with Crippen molar-refractivity contribution in [2.75, 3.05) is 33.7 Å². The van der Waals surface area contributed by atoms with E-state index in [-0.39, 0.29) is 0 Å². The van der Waals surface area contributed by atoms with Crippen molar-refractivity contribution in [2.24, 2.45) is 5.92 Å². The third kappa shape index (κ3) is 4.09. The Hall–Kier alpha value is -1.31. The van der Waals surface area contributed by atoms with Gasteiger partial charge in [-0.15, -0.1) is 0 Å². The van der Waals surface area contributed by atoms with Crippen molar-refractivity contribution in [3.05, 3.63) is 23.0 Å². The van der Waals surface area contributed by atoms with Gasteiger partial charge in [0.2, 0.25) is 0 Å². The standard InChI is InChI=1S/C16H26N4/c1-13-15(10-17)9-16(18-13)12-20-7-4-5-14(11-20)6-8-19(2)3/h9,14,18H,4-8,11-12H2,1-3H3/t14-/m1/s1. The van der Waals surface area contributed by atoms with Crippen LogP contribution in [0.5, 0.6) is 0 Å². The number of nitrogens with one attached hydrogen (secondary N) is 1. The van der Waals surface area contributed by atoms with Crippen molar-refractivity contribution in [1.29, 1.82) is 5.26 Å². The van der Waals surface area contributed by atoms with Crippen molar-refractivity contribution in [2.45, 2.75) is 32.7 Å². The fourth-order valence-corrected chi connectivity index (χ4v) is 3.04. The zero-order valence-electron chi connectivity index (χ0n) is 12.9. The van der Waals surface area contributed by atoms with Gasteiger partial charge in [0.1, 0.15) is 6.07 Å². The zero-order valence-corrected chi connectivity index (χ0v) is 12.9. The fraction of sp³-hybridized carbons (Fsp3) is 0.688. The van der Waals surface area contributed by atoms with Gasteiger partial charge in [-0.3, -0.25) is 4.90 Å². The normalized spacial score (nSPS) is 20.2. The van der Waals surface area contributed by atoms with Crippen LogP contribution in [-0.4, -0.2) is 48.5 Å². The highest BCUT2D eigenvalue weighted by atomic mass is 15.1. The van der Waals surface area contributed by atoms with Crippen molar-refractivity contribution in [1.82, 2.24) is 14.8 Å². The predicted molar refractivity (Wildman–Crippen MR) is 81.4 cm³/mol. The Balaban J connectivity index is 1.87. The zero-order chi connectivity index (χ0) is 14.5. The number of H-pyrrole nitrogens is 1. The maximum atomic E-state index is 9.01. The van der Waals surface area contributed by atoms with Crippen LogP contribution >= 0.6 is 0 Å². The molecule has 4 nitrogen and oxygen atoms in total. The minimum absolute atomic E-state index is 0.779. The quantitative estimate of drug-likeness (QED) is 0.896. The van der Waals surface area contributed by atoms with E-state index in [2.05, 4.69) is 34.9 Å². The van der Waals surface area contributed by atoms with Gasteiger partial charge in [-0.25, -0.2) is 0 Å². The molecule has 2 heterocycles. The molecular weight excluding hydrogens is 248 g/mol. The Morgan fingerprint density at radius 2 is 2.30 bits per heavy atom. The van der Waals surface area contributed by atoms with Crippen LogP contribution in [0.4, 0.5) is 0 Å². The van der Waals surface area contributed by atoms with Crippen molar-refractivity contribution >= 4 is 0 Å². The maximum absolute atomic E-state index is 9.01. The molecule has 0 bridgehead atoms. The number of nitriles is 1. The average Bonchev–Trinajstić information content (AvgIpc) is 2.77. The van der Waals surface area contributed by atoms with Gasteiger partial charge in [-0.1, -0.05) is 0 Å². The van der Waals surface area contributed by atoms with E-state index < -0.39 is 0 Å². The molecule has 1 N–H and O–H groups in total. The summed E-state index contributed by atoms with van der Waals surface area (Å²) in [7, 11) is 4.29. The molecule has 0 saturated carbocycles. The molecule has 1 aromatic rings. The average molecular weight is 274 g/mol. The summed E-state index contributed by atoms with van der Waals surface area (Å²) in [5.74, 6) is 0.817. The number of hydrogen-bond acceptors (Lipinski definition) is 3. The van der Waals surface area contributed by atoms with Crippen LogP contribution < -0.4 is 0 Å². The van der Waals surface area contributed by atoms with Gasteiger partial charge in [0, 0.05) is 24.5 Å². The Morgan fingerprint density at radius 1 is 1.50 bits per heavy atom. The summed E-state index contributed by atoms with van der Waals surface area (Å²) in [6.07, 6.45) is 3.94. The van der Waals surface area contributed by atoms with Crippen molar-refractivity contribution < 1.29 is 0 Å². The van der Waals surface area contributed by atoms with Gasteiger partial charge >= 0.3 is 0 Å². The van der Waals surface area contributed by atoms with Crippen LogP contribution in [0.1, 0.15) is 36.2 Å². The fourth-order valence-electron chi connectivity index (χ4n) is 3.04. The number of aryl methyl sites for hydroxylation is 1. The number of piperidine rings is 1. The summed E-state index contributed by atoms with van der Waals surface area (Å²) < 4.78 is 0. The van der Waals surface area contributed by atoms with Crippen LogP contribution in [0.2, 0.25) is 0 Å². The summed E-state index contributed by atoms with van der Waals surface area (Å²) in [4.78, 5) is 8.13. The van der Waals surface area contributed by atoms with Crippen molar-refractivity contribution in [3.8, 4) is 6.07 Å². The molecule has 1 atom stereocenters. The van der Waals surface area contributed by atoms with Gasteiger partial charge in [0.25, 0.3) is 0 Å². The third-order valence-corrected chi connectivity index (χ3v) is 4.17. The minimum Gasteiger partial charge on any atom is -0.360 e. The van der Waals surface area contributed by atoms with Crippen LogP contribution in [0, 0.1) is 24.2 Å². The molecule has 1 aromatic heterocycles. The number of nitrogens with zero attached hydrogens (tertiary/aromatic N) is 3. The molecule has 0 aromatic carbocycles. The smallest absolute Gasteiger partial charge is 0.101 e. The Morgan fingerprint density at radius 3 is 2.95 bits per heavy atom. The first-order valence-electron chi connectivity index (χ1n) is 7.54. The molecule has 4 heteroatoms. The van der Waals surface area contributed by atoms with E-state index in [0.29, 0.717) is 0 Å². The number of aromatic nitrogens is 1. The first kappa shape index (κ1) is 15.1. The lowest BCUT2D eigenvalue weighted by Gasteiger charge is -2.33. The largest absolute Gasteiger partial charge is 0.360 e. The summed E-state index contributed by atoms with van der Waals surface area (Å²) in [6, 6.07) is 4.24. The number of hydrogen-bond donors (Lipinski definition) is 1. The SMILES string of the molecule is Cc1[nH]c(CN2CCC[C@H](CCN(C)C)C2)cc1C#N. The topological polar surface area (TPSA) is 46.1 Å². The molecule has 1 aliphatic heterocycles. The molecule has 0 unspecified atom stereocenters. The monoisotopic (exact) mass is 274 g/mol. The van der Waals surface area contributed by atoms with E-state index in [1.165, 1.54) is 44.6 Å². The van der Waals surface area contributed by atoms with Crippen LogP contribution in [0.25, 0.3) is 0 Å². The molecule has 2 rings (SSSR count). The lowest BCUT2D eigenvalue weighted by atomic mass is 9.94. The number of aromatic amines is 1. The van der Waals surface area contributed by atoms with E-state index >= 15 is 0 Å². The van der Waals surface area contributed by atoms with Gasteiger partial charge in [0.15, 0.2) is 0 Å². The van der Waals surface area contributed by atoms with E-state index in [4.69, 9.17) is 5.26 Å². The number of rotatable bonds is 5. The highest BCUT2D eigenvalue weighted by Crippen LogP contribution is 2.21. The predicted octanol–water partition coefficient (Wildman–Crippen LogP) is 2.36. The van der Waals surface area contributed by atoms with Crippen LogP contribution in [0.3, 0.4) is 0 Å². The van der Waals surface area contributed by atoms with Gasteiger partial charge in [-0.05, 0) is 65.4 Å². The Kier molecular flexibility index (Phi) is 5.22. The first-order chi connectivity index (χ1) is 9.58. The maximum Gasteiger partial charge on any atom is 0.101 e. The molecular formula is C16H26N4. The summed E-state index contributed by atoms with van der Waals surface area (Å²) in [5, 5.41) is 9.01. The molecule has 1 saturated heterocycles. The van der Waals surface area contributed by atoms with E-state index in [0.717, 1.165) is 23.7 Å². The highest BCUT2D eigenvalue weighted by molar-refractivity contribution is 5.35. The molecule has 20 heavy (non-hydrogen) atoms.